The lowest BCUT2D eigenvalue weighted by Crippen LogP contribution is -2.44. The Kier molecular flexibility index (Phi) is 35.5. The fraction of sp³-hybridized carbons (Fsp3) is 0.857. The van der Waals surface area contributed by atoms with Crippen LogP contribution in [-0.2, 0) is 22.9 Å². The monoisotopic (exact) mass is 708 g/mol. The van der Waals surface area contributed by atoms with Crippen LogP contribution in [-0.4, -0.2) is 53.4 Å². The van der Waals surface area contributed by atoms with Gasteiger partial charge in [0.25, 0.3) is 0 Å². The molecule has 0 unspecified atom stereocenters. The minimum Gasteiger partial charge on any atom is -0.377 e. The van der Waals surface area contributed by atoms with Crippen molar-refractivity contribution in [3.63, 3.8) is 0 Å². The lowest BCUT2D eigenvalue weighted by molar-refractivity contribution is -0.145. The van der Waals surface area contributed by atoms with Crippen molar-refractivity contribution in [2.24, 2.45) is 0 Å². The third-order valence-electron chi connectivity index (χ3n) is 9.70. The quantitative estimate of drug-likeness (QED) is 0.0365. The van der Waals surface area contributed by atoms with E-state index >= 15 is 0 Å². The van der Waals surface area contributed by atoms with E-state index in [4.69, 9.17) is 13.3 Å². The number of carbonyl (C=O) groups excluding carboxylic acids is 2. The molecule has 7 heteroatoms. The van der Waals surface area contributed by atoms with Gasteiger partial charge in [0.1, 0.15) is 0 Å². The van der Waals surface area contributed by atoms with E-state index in [1.54, 1.807) is 21.3 Å². The Morgan fingerprint density at radius 3 is 1.08 bits per heavy atom. The zero-order valence-corrected chi connectivity index (χ0v) is 34.2. The second kappa shape index (κ2) is 36.5. The summed E-state index contributed by atoms with van der Waals surface area (Å²) in [5.41, 5.74) is 0. The van der Waals surface area contributed by atoms with Gasteiger partial charge < -0.3 is 13.3 Å². The SMILES string of the molecule is CCCCCCCCC=CCCCCCCCC(=O)N(CCC[Si](OC)(OC)OC)C(=O)CCCCCCCC=CCCCCCCCC. The molecule has 0 heterocycles. The van der Waals surface area contributed by atoms with Gasteiger partial charge in [0.2, 0.25) is 11.8 Å². The zero-order valence-electron chi connectivity index (χ0n) is 33.2. The first kappa shape index (κ1) is 47.7. The molecule has 0 aliphatic rings. The average Bonchev–Trinajstić information content (AvgIpc) is 3.11. The minimum atomic E-state index is -2.74. The highest BCUT2D eigenvalue weighted by Crippen LogP contribution is 2.18. The van der Waals surface area contributed by atoms with Crippen molar-refractivity contribution >= 4 is 20.6 Å². The first-order chi connectivity index (χ1) is 24.0. The van der Waals surface area contributed by atoms with Crippen molar-refractivity contribution in [3.8, 4) is 0 Å². The number of hydrogen-bond acceptors (Lipinski definition) is 5. The van der Waals surface area contributed by atoms with Crippen molar-refractivity contribution in [1.82, 2.24) is 4.90 Å². The zero-order chi connectivity index (χ0) is 36.1. The maximum atomic E-state index is 13.3. The highest BCUT2D eigenvalue weighted by Gasteiger charge is 2.37. The van der Waals surface area contributed by atoms with Gasteiger partial charge in [-0.05, 0) is 70.6 Å². The number of rotatable bonds is 37. The van der Waals surface area contributed by atoms with Crippen LogP contribution in [0.3, 0.4) is 0 Å². The third-order valence-corrected chi connectivity index (χ3v) is 12.5. The number of carbonyl (C=O) groups is 2. The highest BCUT2D eigenvalue weighted by molar-refractivity contribution is 6.60. The van der Waals surface area contributed by atoms with Crippen LogP contribution in [0.5, 0.6) is 0 Å². The van der Waals surface area contributed by atoms with Gasteiger partial charge >= 0.3 is 8.80 Å². The summed E-state index contributed by atoms with van der Waals surface area (Å²) >= 11 is 0. The molecule has 0 aromatic rings. The van der Waals surface area contributed by atoms with Crippen molar-refractivity contribution in [2.45, 2.75) is 206 Å². The topological polar surface area (TPSA) is 65.1 Å². The van der Waals surface area contributed by atoms with E-state index in [0.717, 1.165) is 51.4 Å². The van der Waals surface area contributed by atoms with Crippen LogP contribution < -0.4 is 0 Å². The lowest BCUT2D eigenvalue weighted by Gasteiger charge is -2.26. The van der Waals surface area contributed by atoms with Crippen LogP contribution in [0, 0.1) is 0 Å². The maximum Gasteiger partial charge on any atom is 0.500 e. The number of imide groups is 1. The molecule has 0 aromatic heterocycles. The van der Waals surface area contributed by atoms with Crippen LogP contribution in [0.25, 0.3) is 0 Å². The van der Waals surface area contributed by atoms with Gasteiger partial charge in [0, 0.05) is 46.8 Å². The van der Waals surface area contributed by atoms with Gasteiger partial charge in [0.05, 0.1) is 0 Å². The van der Waals surface area contributed by atoms with Crippen molar-refractivity contribution in [3.05, 3.63) is 24.3 Å². The fourth-order valence-corrected chi connectivity index (χ4v) is 8.07. The summed E-state index contributed by atoms with van der Waals surface area (Å²) in [6, 6.07) is 0.578. The van der Waals surface area contributed by atoms with E-state index in [0.29, 0.717) is 31.9 Å². The Hall–Kier alpha value is -1.28. The Morgan fingerprint density at radius 2 is 0.755 bits per heavy atom. The van der Waals surface area contributed by atoms with Crippen LogP contribution in [0.1, 0.15) is 200 Å². The second-order valence-electron chi connectivity index (χ2n) is 14.0. The van der Waals surface area contributed by atoms with Gasteiger partial charge in [-0.1, -0.05) is 141 Å². The number of amides is 2. The summed E-state index contributed by atoms with van der Waals surface area (Å²) in [5.74, 6) is -0.0650. The third kappa shape index (κ3) is 29.0. The molecule has 2 amide bonds. The number of nitrogens with zero attached hydrogens (tertiary/aromatic N) is 1. The normalized spacial score (nSPS) is 12.1. The van der Waals surface area contributed by atoms with Gasteiger partial charge in [-0.15, -0.1) is 0 Å². The molecule has 0 N–H and O–H groups in total. The molecule has 0 spiro atoms. The minimum absolute atomic E-state index is 0.0325. The maximum absolute atomic E-state index is 13.3. The smallest absolute Gasteiger partial charge is 0.377 e. The van der Waals surface area contributed by atoms with Crippen LogP contribution in [0.2, 0.25) is 6.04 Å². The molecular weight excluding hydrogens is 627 g/mol. The Morgan fingerprint density at radius 1 is 0.449 bits per heavy atom. The highest BCUT2D eigenvalue weighted by atomic mass is 28.4. The Balaban J connectivity index is 4.35. The largest absolute Gasteiger partial charge is 0.500 e. The van der Waals surface area contributed by atoms with Gasteiger partial charge in [-0.25, -0.2) is 0 Å². The average molecular weight is 708 g/mol. The molecule has 0 saturated carbocycles. The summed E-state index contributed by atoms with van der Waals surface area (Å²) in [7, 11) is 2.07. The van der Waals surface area contributed by atoms with Crippen LogP contribution in [0.4, 0.5) is 0 Å². The molecule has 0 rings (SSSR count). The van der Waals surface area contributed by atoms with Crippen molar-refractivity contribution in [2.75, 3.05) is 27.9 Å². The predicted molar refractivity (Wildman–Crippen MR) is 212 cm³/mol. The lowest BCUT2D eigenvalue weighted by atomic mass is 10.1. The van der Waals surface area contributed by atoms with E-state index in [2.05, 4.69) is 38.2 Å². The molecule has 0 aromatic carbocycles. The summed E-state index contributed by atoms with van der Waals surface area (Å²) in [4.78, 5) is 28.0. The summed E-state index contributed by atoms with van der Waals surface area (Å²) in [6.07, 6.45) is 42.8. The molecule has 0 aliphatic carbocycles. The number of unbranched alkanes of at least 4 members (excludes halogenated alkanes) is 22. The Bertz CT molecular complexity index is 738. The fourth-order valence-electron chi connectivity index (χ4n) is 6.36. The van der Waals surface area contributed by atoms with Gasteiger partial charge in [-0.3, -0.25) is 14.5 Å². The summed E-state index contributed by atoms with van der Waals surface area (Å²) in [6.45, 7) is 4.94. The molecule has 6 nitrogen and oxygen atoms in total. The molecular formula is C42H81NO5Si. The molecule has 0 atom stereocenters. The molecule has 49 heavy (non-hydrogen) atoms. The van der Waals surface area contributed by atoms with Crippen molar-refractivity contribution in [1.29, 1.82) is 0 Å². The standard InChI is InChI=1S/C42H81NO5Si/c1-6-8-10-12-14-16-18-20-22-24-26-28-30-32-34-37-41(44)43(39-36-40-49(46-3,47-4)48-5)42(45)38-35-33-31-29-27-25-23-21-19-17-15-13-11-9-7-2/h20-23H,6-19,24-40H2,1-5H3. The van der Waals surface area contributed by atoms with E-state index in [1.165, 1.54) is 120 Å². The molecule has 288 valence electrons. The molecule has 0 aliphatic heterocycles. The molecule has 0 fully saturated rings. The van der Waals surface area contributed by atoms with E-state index in [9.17, 15) is 9.59 Å². The molecule has 0 radical (unpaired) electrons. The first-order valence-electron chi connectivity index (χ1n) is 20.8. The predicted octanol–water partition coefficient (Wildman–Crippen LogP) is 12.7. The van der Waals surface area contributed by atoms with E-state index < -0.39 is 8.80 Å². The summed E-state index contributed by atoms with van der Waals surface area (Å²) in [5, 5.41) is 0. The van der Waals surface area contributed by atoms with E-state index in [-0.39, 0.29) is 11.8 Å². The summed E-state index contributed by atoms with van der Waals surface area (Å²) < 4.78 is 16.7. The number of allylic oxidation sites excluding steroid dienone is 4. The van der Waals surface area contributed by atoms with Gasteiger partial charge in [0.15, 0.2) is 0 Å². The van der Waals surface area contributed by atoms with E-state index in [1.807, 2.05) is 0 Å². The van der Waals surface area contributed by atoms with Crippen LogP contribution in [0.15, 0.2) is 24.3 Å². The van der Waals surface area contributed by atoms with Crippen molar-refractivity contribution < 1.29 is 22.9 Å². The first-order valence-corrected chi connectivity index (χ1v) is 22.7. The molecule has 0 bridgehead atoms. The number of hydrogen-bond donors (Lipinski definition) is 0. The Labute approximate surface area is 305 Å². The van der Waals surface area contributed by atoms with Crippen LogP contribution >= 0.6 is 0 Å². The molecule has 0 saturated heterocycles. The second-order valence-corrected chi connectivity index (χ2v) is 17.1. The van der Waals surface area contributed by atoms with Gasteiger partial charge in [-0.2, -0.15) is 0 Å².